The van der Waals surface area contributed by atoms with Crippen molar-refractivity contribution in [3.8, 4) is 0 Å². The molecule has 6 nitrogen and oxygen atoms in total. The number of aryl methyl sites for hydroxylation is 2. The molecule has 136 valence electrons. The van der Waals surface area contributed by atoms with Crippen LogP contribution in [0.1, 0.15) is 28.9 Å². The van der Waals surface area contributed by atoms with E-state index in [-0.39, 0.29) is 5.91 Å². The Bertz CT molecular complexity index is 1120. The number of benzene rings is 1. The largest absolute Gasteiger partial charge is 0.352 e. The Kier molecular flexibility index (Phi) is 4.54. The molecule has 0 spiro atoms. The third-order valence-electron chi connectivity index (χ3n) is 4.83. The molecular weight excluding hydrogens is 338 g/mol. The predicted octanol–water partition coefficient (Wildman–Crippen LogP) is 3.14. The van der Waals surface area contributed by atoms with Crippen molar-refractivity contribution in [3.63, 3.8) is 0 Å². The van der Waals surface area contributed by atoms with Gasteiger partial charge < -0.3 is 5.32 Å². The van der Waals surface area contributed by atoms with Crippen LogP contribution in [0.25, 0.3) is 16.6 Å². The van der Waals surface area contributed by atoms with Gasteiger partial charge in [-0.05, 0) is 49.6 Å². The molecule has 0 atom stereocenters. The van der Waals surface area contributed by atoms with Gasteiger partial charge >= 0.3 is 0 Å². The second-order valence-electron chi connectivity index (χ2n) is 6.65. The number of carbonyl (C=O) groups excluding carboxylic acids is 1. The first-order valence-corrected chi connectivity index (χ1v) is 9.02. The third kappa shape index (κ3) is 3.38. The van der Waals surface area contributed by atoms with Crippen molar-refractivity contribution in [2.45, 2.75) is 33.2 Å². The Balaban J connectivity index is 1.51. The molecule has 4 rings (SSSR count). The summed E-state index contributed by atoms with van der Waals surface area (Å²) >= 11 is 0. The van der Waals surface area contributed by atoms with Gasteiger partial charge in [0.15, 0.2) is 5.65 Å². The highest BCUT2D eigenvalue weighted by Crippen LogP contribution is 2.22. The first-order valence-electron chi connectivity index (χ1n) is 9.02. The quantitative estimate of drug-likeness (QED) is 0.594. The molecule has 3 aromatic heterocycles. The Morgan fingerprint density at radius 3 is 2.81 bits per heavy atom. The molecule has 6 heteroatoms. The van der Waals surface area contributed by atoms with Crippen LogP contribution in [-0.4, -0.2) is 25.5 Å². The van der Waals surface area contributed by atoms with Gasteiger partial charge in [-0.2, -0.15) is 5.10 Å². The van der Waals surface area contributed by atoms with Gasteiger partial charge in [0.2, 0.25) is 5.91 Å². The molecule has 3 heterocycles. The van der Waals surface area contributed by atoms with E-state index in [0.717, 1.165) is 39.1 Å². The van der Waals surface area contributed by atoms with Crippen LogP contribution in [0, 0.1) is 13.8 Å². The molecule has 1 aromatic carbocycles. The van der Waals surface area contributed by atoms with Crippen LogP contribution >= 0.6 is 0 Å². The lowest BCUT2D eigenvalue weighted by Gasteiger charge is -2.11. The number of nitrogens with one attached hydrogen (secondary N) is 1. The Morgan fingerprint density at radius 1 is 1.15 bits per heavy atom. The molecule has 0 saturated heterocycles. The molecule has 0 aliphatic carbocycles. The zero-order chi connectivity index (χ0) is 18.8. The van der Waals surface area contributed by atoms with Gasteiger partial charge in [-0.1, -0.05) is 18.2 Å². The van der Waals surface area contributed by atoms with Crippen molar-refractivity contribution < 1.29 is 4.79 Å². The third-order valence-corrected chi connectivity index (χ3v) is 4.83. The normalized spacial score (nSPS) is 11.2. The van der Waals surface area contributed by atoms with Crippen LogP contribution in [0.15, 0.2) is 48.8 Å². The zero-order valence-corrected chi connectivity index (χ0v) is 15.4. The molecule has 0 fully saturated rings. The van der Waals surface area contributed by atoms with Gasteiger partial charge in [-0.3, -0.25) is 9.78 Å². The Hall–Kier alpha value is -3.28. The fourth-order valence-electron chi connectivity index (χ4n) is 3.37. The SMILES string of the molecule is Cc1nc2c3ccccc3nn2c(C)c1CCC(=O)NCc1cccnc1. The molecule has 0 radical (unpaired) electrons. The summed E-state index contributed by atoms with van der Waals surface area (Å²) < 4.78 is 1.89. The fraction of sp³-hybridized carbons (Fsp3) is 0.238. The van der Waals surface area contributed by atoms with E-state index in [2.05, 4.69) is 15.4 Å². The van der Waals surface area contributed by atoms with Crippen molar-refractivity contribution in [3.05, 3.63) is 71.3 Å². The first kappa shape index (κ1) is 17.1. The average molecular weight is 359 g/mol. The fourth-order valence-corrected chi connectivity index (χ4v) is 3.37. The number of fused-ring (bicyclic) bond motifs is 3. The maximum atomic E-state index is 12.2. The van der Waals surface area contributed by atoms with Gasteiger partial charge in [-0.15, -0.1) is 0 Å². The van der Waals surface area contributed by atoms with E-state index in [1.165, 1.54) is 0 Å². The lowest BCUT2D eigenvalue weighted by atomic mass is 10.1. The van der Waals surface area contributed by atoms with E-state index >= 15 is 0 Å². The summed E-state index contributed by atoms with van der Waals surface area (Å²) in [5.74, 6) is 0.0170. The maximum Gasteiger partial charge on any atom is 0.220 e. The Labute approximate surface area is 157 Å². The van der Waals surface area contributed by atoms with Crippen molar-refractivity contribution >= 4 is 22.5 Å². The van der Waals surface area contributed by atoms with E-state index in [1.807, 2.05) is 54.8 Å². The van der Waals surface area contributed by atoms with Crippen LogP contribution in [0.4, 0.5) is 0 Å². The van der Waals surface area contributed by atoms with Crippen LogP contribution in [0.2, 0.25) is 0 Å². The van der Waals surface area contributed by atoms with Crippen molar-refractivity contribution in [1.82, 2.24) is 24.9 Å². The van der Waals surface area contributed by atoms with Crippen LogP contribution in [0.5, 0.6) is 0 Å². The number of hydrogen-bond acceptors (Lipinski definition) is 4. The number of rotatable bonds is 5. The summed E-state index contributed by atoms with van der Waals surface area (Å²) in [5, 5.41) is 8.66. The van der Waals surface area contributed by atoms with Crippen molar-refractivity contribution in [2.24, 2.45) is 0 Å². The van der Waals surface area contributed by atoms with Crippen LogP contribution in [-0.2, 0) is 17.8 Å². The molecule has 27 heavy (non-hydrogen) atoms. The summed E-state index contributed by atoms with van der Waals surface area (Å²) in [6.45, 7) is 4.53. The smallest absolute Gasteiger partial charge is 0.220 e. The second-order valence-corrected chi connectivity index (χ2v) is 6.65. The number of aromatic nitrogens is 4. The van der Waals surface area contributed by atoms with Crippen LogP contribution < -0.4 is 5.32 Å². The molecule has 1 N–H and O–H groups in total. The zero-order valence-electron chi connectivity index (χ0n) is 15.4. The summed E-state index contributed by atoms with van der Waals surface area (Å²) in [5.41, 5.74) is 5.85. The summed E-state index contributed by atoms with van der Waals surface area (Å²) in [7, 11) is 0. The average Bonchev–Trinajstić information content (AvgIpc) is 3.06. The van der Waals surface area contributed by atoms with Crippen molar-refractivity contribution in [2.75, 3.05) is 0 Å². The van der Waals surface area contributed by atoms with Gasteiger partial charge in [0, 0.05) is 42.1 Å². The van der Waals surface area contributed by atoms with E-state index in [0.29, 0.717) is 19.4 Å². The number of nitrogens with zero attached hydrogens (tertiary/aromatic N) is 4. The summed E-state index contributed by atoms with van der Waals surface area (Å²) in [6.07, 6.45) is 4.53. The minimum Gasteiger partial charge on any atom is -0.352 e. The molecule has 0 bridgehead atoms. The van der Waals surface area contributed by atoms with E-state index in [4.69, 9.17) is 4.98 Å². The lowest BCUT2D eigenvalue weighted by molar-refractivity contribution is -0.121. The maximum absolute atomic E-state index is 12.2. The van der Waals surface area contributed by atoms with Crippen molar-refractivity contribution in [1.29, 1.82) is 0 Å². The monoisotopic (exact) mass is 359 g/mol. The molecule has 4 aromatic rings. The molecule has 0 aliphatic rings. The van der Waals surface area contributed by atoms with E-state index in [9.17, 15) is 4.79 Å². The highest BCUT2D eigenvalue weighted by atomic mass is 16.1. The Morgan fingerprint density at radius 2 is 2.00 bits per heavy atom. The topological polar surface area (TPSA) is 72.2 Å². The molecule has 0 saturated carbocycles. The first-order chi connectivity index (χ1) is 13.1. The van der Waals surface area contributed by atoms with Gasteiger partial charge in [0.05, 0.1) is 5.52 Å². The minimum absolute atomic E-state index is 0.0170. The summed E-state index contributed by atoms with van der Waals surface area (Å²) in [4.78, 5) is 21.1. The van der Waals surface area contributed by atoms with Gasteiger partial charge in [0.25, 0.3) is 0 Å². The highest BCUT2D eigenvalue weighted by Gasteiger charge is 2.14. The number of pyridine rings is 1. The second kappa shape index (κ2) is 7.15. The summed E-state index contributed by atoms with van der Waals surface area (Å²) in [6, 6.07) is 11.8. The van der Waals surface area contributed by atoms with E-state index in [1.54, 1.807) is 12.4 Å². The molecular formula is C21H21N5O. The number of amides is 1. The van der Waals surface area contributed by atoms with Gasteiger partial charge in [0.1, 0.15) is 0 Å². The minimum atomic E-state index is 0.0170. The van der Waals surface area contributed by atoms with Crippen LogP contribution in [0.3, 0.4) is 0 Å². The van der Waals surface area contributed by atoms with E-state index < -0.39 is 0 Å². The molecule has 0 aliphatic heterocycles. The standard InChI is InChI=1S/C21H21N5O/c1-14-17(9-10-20(27)23-13-16-6-5-11-22-12-16)15(2)26-21(24-14)18-7-3-4-8-19(18)25-26/h3-8,11-12H,9-10,13H2,1-2H3,(H,23,27). The number of carbonyl (C=O) groups is 1. The molecule has 1 amide bonds. The predicted molar refractivity (Wildman–Crippen MR) is 104 cm³/mol. The highest BCUT2D eigenvalue weighted by molar-refractivity contribution is 5.92. The molecule has 0 unspecified atom stereocenters. The lowest BCUT2D eigenvalue weighted by Crippen LogP contribution is -2.23. The number of hydrogen-bond donors (Lipinski definition) is 1. The van der Waals surface area contributed by atoms with Gasteiger partial charge in [-0.25, -0.2) is 9.50 Å².